The molecule has 0 atom stereocenters. The highest BCUT2D eigenvalue weighted by molar-refractivity contribution is 7.55. The maximum Gasteiger partial charge on any atom is 0.200 e. The molecule has 6 rings (SSSR count). The highest BCUT2D eigenvalue weighted by atomic mass is 31.2. The Morgan fingerprint density at radius 1 is 0.256 bits per heavy atom. The number of benzene rings is 6. The van der Waals surface area contributed by atoms with Crippen molar-refractivity contribution in [1.82, 2.24) is 0 Å². The summed E-state index contributed by atoms with van der Waals surface area (Å²) in [6, 6.07) is 27.1. The lowest BCUT2D eigenvalue weighted by Gasteiger charge is -2.37. The molecule has 0 aliphatic heterocycles. The van der Waals surface area contributed by atoms with E-state index in [-0.39, 0.29) is 32.5 Å². The summed E-state index contributed by atoms with van der Waals surface area (Å²) in [5.74, 6) is 0. The molecule has 0 fully saturated rings. The average Bonchev–Trinajstić information content (AvgIpc) is 3.24. The second kappa shape index (κ2) is 21.1. The lowest BCUT2D eigenvalue weighted by atomic mass is 9.68. The Morgan fingerprint density at radius 3 is 0.667 bits per heavy atom. The van der Waals surface area contributed by atoms with Crippen LogP contribution in [0.1, 0.15) is 233 Å². The highest BCUT2D eigenvalue weighted by Crippen LogP contribution is 2.58. The predicted molar refractivity (Wildman–Crippen MR) is 344 cm³/mol. The molecular formula is C72H100O4P2. The second-order valence-corrected chi connectivity index (χ2v) is 33.3. The van der Waals surface area contributed by atoms with Crippen molar-refractivity contribution in [2.45, 2.75) is 237 Å². The van der Waals surface area contributed by atoms with Crippen LogP contribution in [0.4, 0.5) is 0 Å². The van der Waals surface area contributed by atoms with E-state index in [1.165, 1.54) is 22.3 Å². The van der Waals surface area contributed by atoms with Gasteiger partial charge in [-0.1, -0.05) is 227 Å². The first kappa shape index (κ1) is 63.2. The molecule has 0 saturated carbocycles. The molecule has 6 aromatic carbocycles. The first-order valence-corrected chi connectivity index (χ1v) is 30.9. The molecule has 0 saturated heterocycles. The van der Waals surface area contributed by atoms with Crippen molar-refractivity contribution in [3.05, 3.63) is 140 Å². The standard InChI is InChI=1S/C72H100O4P2/c1-41-33-47(55(69(17,18)19)37-51(41)65(5,6)7)60-59(45-29-31-46(32-30-45)77(73)74)61(48-34-42(2)52(66(8,9)10)38-56(48)70(20,21)22)63(50-36-44(4)54(68(14,15)16)40-58(50)72(26,27)28)64(78(75)76)62(60)49-35-43(3)53(67(11,12)13)39-57(49)71(23,24)25/h29-40,73-76H,1-28H3. The van der Waals surface area contributed by atoms with E-state index in [1.807, 2.05) is 12.1 Å². The van der Waals surface area contributed by atoms with E-state index >= 15 is 0 Å². The normalized spacial score (nSPS) is 13.6. The van der Waals surface area contributed by atoms with Crippen LogP contribution in [0, 0.1) is 27.7 Å². The summed E-state index contributed by atoms with van der Waals surface area (Å²) in [5.41, 5.74) is 21.3. The van der Waals surface area contributed by atoms with Crippen LogP contribution in [0.2, 0.25) is 0 Å². The molecule has 6 heteroatoms. The van der Waals surface area contributed by atoms with Gasteiger partial charge in [-0.2, -0.15) is 0 Å². The van der Waals surface area contributed by atoms with Crippen LogP contribution in [0.5, 0.6) is 0 Å². The topological polar surface area (TPSA) is 80.9 Å². The van der Waals surface area contributed by atoms with E-state index in [0.29, 0.717) is 10.6 Å². The molecule has 4 nitrogen and oxygen atoms in total. The number of hydrogen-bond acceptors (Lipinski definition) is 4. The first-order chi connectivity index (χ1) is 35.1. The van der Waals surface area contributed by atoms with Gasteiger partial charge in [0.1, 0.15) is 0 Å². The zero-order valence-corrected chi connectivity index (χ0v) is 55.4. The fraction of sp³-hybridized carbons (Fsp3) is 0.500. The van der Waals surface area contributed by atoms with Gasteiger partial charge in [-0.25, -0.2) is 0 Å². The minimum atomic E-state index is -2.87. The summed E-state index contributed by atoms with van der Waals surface area (Å²) in [7, 11) is -5.26. The first-order valence-electron chi connectivity index (χ1n) is 28.4. The highest BCUT2D eigenvalue weighted by Gasteiger charge is 2.40. The fourth-order valence-corrected chi connectivity index (χ4v) is 13.7. The van der Waals surface area contributed by atoms with Crippen molar-refractivity contribution in [3.8, 4) is 55.6 Å². The molecule has 0 heterocycles. The van der Waals surface area contributed by atoms with Gasteiger partial charge in [0, 0.05) is 21.7 Å². The Morgan fingerprint density at radius 2 is 0.474 bits per heavy atom. The summed E-state index contributed by atoms with van der Waals surface area (Å²) in [6.45, 7) is 63.9. The van der Waals surface area contributed by atoms with E-state index < -0.39 is 27.6 Å². The van der Waals surface area contributed by atoms with Gasteiger partial charge < -0.3 is 19.6 Å². The van der Waals surface area contributed by atoms with Crippen LogP contribution < -0.4 is 10.6 Å². The van der Waals surface area contributed by atoms with Gasteiger partial charge in [0.25, 0.3) is 0 Å². The lowest BCUT2D eigenvalue weighted by molar-refractivity contribution is 0.495. The van der Waals surface area contributed by atoms with Crippen LogP contribution in [0.3, 0.4) is 0 Å². The Kier molecular flexibility index (Phi) is 17.1. The maximum atomic E-state index is 13.2. The molecule has 0 aliphatic carbocycles. The van der Waals surface area contributed by atoms with Crippen molar-refractivity contribution in [2.75, 3.05) is 0 Å². The Bertz CT molecular complexity index is 3070. The second-order valence-electron chi connectivity index (χ2n) is 31.2. The van der Waals surface area contributed by atoms with Gasteiger partial charge in [-0.3, -0.25) is 0 Å². The monoisotopic (exact) mass is 1090 g/mol. The fourth-order valence-electron chi connectivity index (χ4n) is 12.4. The minimum absolute atomic E-state index is 0.171. The SMILES string of the molecule is Cc1cc(-c2c(-c3ccc(P(O)O)cc3)c(-c3cc(C)c(C(C)(C)C)cc3C(C)(C)C)c(-c3cc(C)c(C(C)(C)C)cc3C(C)(C)C)c(P(O)O)c2-c2cc(C)c(C(C)(C)C)cc2C(C)(C)C)c(C(C)(C)C)cc1C(C)(C)C. The van der Waals surface area contributed by atoms with Gasteiger partial charge in [-0.15, -0.1) is 0 Å². The van der Waals surface area contributed by atoms with Crippen LogP contribution in [-0.4, -0.2) is 19.6 Å². The van der Waals surface area contributed by atoms with Gasteiger partial charge in [0.2, 0.25) is 8.38 Å². The van der Waals surface area contributed by atoms with Crippen molar-refractivity contribution in [2.24, 2.45) is 0 Å². The third-order valence-corrected chi connectivity index (χ3v) is 17.7. The Labute approximate surface area is 476 Å². The average molecular weight is 1090 g/mol. The molecule has 422 valence electrons. The molecule has 0 amide bonds. The molecule has 0 spiro atoms. The van der Waals surface area contributed by atoms with Crippen molar-refractivity contribution >= 4 is 27.4 Å². The van der Waals surface area contributed by atoms with Crippen LogP contribution >= 0.6 is 16.8 Å². The largest absolute Gasteiger partial charge is 0.347 e. The smallest absolute Gasteiger partial charge is 0.200 e. The zero-order valence-electron chi connectivity index (χ0n) is 53.6. The van der Waals surface area contributed by atoms with E-state index in [0.717, 1.165) is 100 Å². The molecular weight excluding hydrogens is 991 g/mol. The van der Waals surface area contributed by atoms with E-state index in [4.69, 9.17) is 0 Å². The lowest BCUT2D eigenvalue weighted by Crippen LogP contribution is -2.25. The van der Waals surface area contributed by atoms with Crippen molar-refractivity contribution in [1.29, 1.82) is 0 Å². The summed E-state index contributed by atoms with van der Waals surface area (Å²) < 4.78 is 0. The summed E-state index contributed by atoms with van der Waals surface area (Å²) in [4.78, 5) is 48.1. The summed E-state index contributed by atoms with van der Waals surface area (Å²) in [6.07, 6.45) is 0. The molecule has 0 aliphatic rings. The third-order valence-electron chi connectivity index (χ3n) is 16.1. The van der Waals surface area contributed by atoms with Crippen LogP contribution in [0.25, 0.3) is 55.6 Å². The molecule has 0 aromatic heterocycles. The Balaban J connectivity index is 2.29. The van der Waals surface area contributed by atoms with Crippen LogP contribution in [-0.2, 0) is 43.3 Å². The predicted octanol–water partition coefficient (Wildman–Crippen LogP) is 19.5. The number of aryl methyl sites for hydroxylation is 4. The van der Waals surface area contributed by atoms with Crippen molar-refractivity contribution < 1.29 is 19.6 Å². The zero-order chi connectivity index (χ0) is 59.5. The molecule has 78 heavy (non-hydrogen) atoms. The molecule has 0 bridgehead atoms. The van der Waals surface area contributed by atoms with Gasteiger partial charge in [0.05, 0.1) is 0 Å². The third kappa shape index (κ3) is 12.6. The number of rotatable bonds is 7. The van der Waals surface area contributed by atoms with E-state index in [9.17, 15) is 19.6 Å². The summed E-state index contributed by atoms with van der Waals surface area (Å²) in [5, 5.41) is 0.984. The van der Waals surface area contributed by atoms with E-state index in [2.05, 4.69) is 255 Å². The van der Waals surface area contributed by atoms with Gasteiger partial charge in [0.15, 0.2) is 8.38 Å². The summed E-state index contributed by atoms with van der Waals surface area (Å²) >= 11 is 0. The quantitative estimate of drug-likeness (QED) is 0.120. The van der Waals surface area contributed by atoms with E-state index in [1.54, 1.807) is 0 Å². The molecule has 6 aromatic rings. The van der Waals surface area contributed by atoms with Gasteiger partial charge in [-0.05, 0) is 194 Å². The molecule has 0 radical (unpaired) electrons. The van der Waals surface area contributed by atoms with Crippen LogP contribution in [0.15, 0.2) is 72.8 Å². The van der Waals surface area contributed by atoms with Gasteiger partial charge >= 0.3 is 0 Å². The maximum absolute atomic E-state index is 13.2. The minimum Gasteiger partial charge on any atom is -0.347 e. The molecule has 0 unspecified atom stereocenters. The number of hydrogen-bond donors (Lipinski definition) is 4. The van der Waals surface area contributed by atoms with Crippen molar-refractivity contribution in [3.63, 3.8) is 0 Å². The molecule has 4 N–H and O–H groups in total. The Hall–Kier alpha value is -3.98.